The van der Waals surface area contributed by atoms with E-state index in [1.807, 2.05) is 11.3 Å². The van der Waals surface area contributed by atoms with Gasteiger partial charge in [0.25, 0.3) is 0 Å². The summed E-state index contributed by atoms with van der Waals surface area (Å²) in [5.41, 5.74) is 24.9. The molecule has 0 atom stereocenters. The Morgan fingerprint density at radius 2 is 0.592 bits per heavy atom. The molecule has 0 bridgehead atoms. The average Bonchev–Trinajstić information content (AvgIpc) is 1.59. The molecule has 0 aliphatic rings. The van der Waals surface area contributed by atoms with Crippen LogP contribution in [-0.4, -0.2) is 23.3 Å². The summed E-state index contributed by atoms with van der Waals surface area (Å²) in [7, 11) is 0. The number of para-hydroxylation sites is 6. The second-order valence-corrected chi connectivity index (χ2v) is 28.4. The van der Waals surface area contributed by atoms with Crippen molar-refractivity contribution in [2.24, 2.45) is 0 Å². The van der Waals surface area contributed by atoms with Crippen LogP contribution < -0.4 is 0 Å². The molecule has 0 fully saturated rings. The van der Waals surface area contributed by atoms with Gasteiger partial charge in [0.05, 0.1) is 49.8 Å². The van der Waals surface area contributed by atoms with E-state index in [4.69, 9.17) is 13.8 Å². The smallest absolute Gasteiger partial charge is 0.138 e. The second-order valence-electron chi connectivity index (χ2n) is 27.3. The van der Waals surface area contributed by atoms with E-state index < -0.39 is 0 Å². The van der Waals surface area contributed by atoms with E-state index in [0.717, 1.165) is 128 Å². The third-order valence-electron chi connectivity index (χ3n) is 21.8. The lowest BCUT2D eigenvalue weighted by Gasteiger charge is -2.11. The second kappa shape index (κ2) is 21.5. The molecule has 8 aromatic heterocycles. The summed E-state index contributed by atoms with van der Waals surface area (Å²) in [6, 6.07) is 122. The molecule has 23 rings (SSSR count). The van der Waals surface area contributed by atoms with Crippen LogP contribution in [0.3, 0.4) is 0 Å². The van der Waals surface area contributed by atoms with Crippen molar-refractivity contribution in [3.8, 4) is 67.5 Å². The van der Waals surface area contributed by atoms with Crippen LogP contribution in [0.1, 0.15) is 0 Å². The van der Waals surface area contributed by atoms with Gasteiger partial charge >= 0.3 is 0 Å². The molecule has 478 valence electrons. The molecule has 8 heterocycles. The van der Waals surface area contributed by atoms with Gasteiger partial charge in [0.1, 0.15) is 28.1 Å². The highest BCUT2D eigenvalue weighted by molar-refractivity contribution is 7.25. The van der Waals surface area contributed by atoms with Gasteiger partial charge in [-0.15, -0.1) is 11.3 Å². The molecule has 8 heteroatoms. The van der Waals surface area contributed by atoms with E-state index in [0.29, 0.717) is 0 Å². The van der Waals surface area contributed by atoms with Crippen molar-refractivity contribution in [3.63, 3.8) is 0 Å². The van der Waals surface area contributed by atoms with Crippen LogP contribution in [-0.2, 0) is 0 Å². The minimum atomic E-state index is 0.850. The lowest BCUT2D eigenvalue weighted by Crippen LogP contribution is -1.98. The van der Waals surface area contributed by atoms with Gasteiger partial charge in [-0.3, -0.25) is 4.57 Å². The summed E-state index contributed by atoms with van der Waals surface area (Å²) in [5.74, 6) is 0.872. The van der Waals surface area contributed by atoms with Gasteiger partial charge in [-0.1, -0.05) is 170 Å². The largest absolute Gasteiger partial charge is 0.456 e. The van der Waals surface area contributed by atoms with Crippen LogP contribution in [0.15, 0.2) is 342 Å². The third-order valence-corrected chi connectivity index (χ3v) is 22.9. The lowest BCUT2D eigenvalue weighted by atomic mass is 9.97. The first kappa shape index (κ1) is 56.4. The zero-order valence-electron chi connectivity index (χ0n) is 55.2. The van der Waals surface area contributed by atoms with Crippen LogP contribution >= 0.6 is 11.3 Å². The van der Waals surface area contributed by atoms with Crippen molar-refractivity contribution < 1.29 is 8.83 Å². The summed E-state index contributed by atoms with van der Waals surface area (Å²) in [5, 5.41) is 16.5. The van der Waals surface area contributed by atoms with E-state index >= 15 is 0 Å². The van der Waals surface area contributed by atoms with Gasteiger partial charge in [-0.2, -0.15) is 0 Å². The third kappa shape index (κ3) is 8.35. The van der Waals surface area contributed by atoms with Crippen molar-refractivity contribution in [3.05, 3.63) is 334 Å². The van der Waals surface area contributed by atoms with Crippen LogP contribution in [0.5, 0.6) is 0 Å². The number of rotatable bonds is 8. The molecule has 15 aromatic carbocycles. The Labute approximate surface area is 592 Å². The van der Waals surface area contributed by atoms with E-state index in [1.165, 1.54) is 90.9 Å². The van der Waals surface area contributed by atoms with Gasteiger partial charge in [-0.05, 0) is 197 Å². The Hall–Kier alpha value is -13.5. The number of pyridine rings is 1. The zero-order chi connectivity index (χ0) is 67.1. The number of thiophene rings is 1. The van der Waals surface area contributed by atoms with Crippen LogP contribution in [0.2, 0.25) is 0 Å². The minimum absolute atomic E-state index is 0.850. The van der Waals surface area contributed by atoms with Crippen LogP contribution in [0.4, 0.5) is 0 Å². The molecule has 7 nitrogen and oxygen atoms in total. The molecule has 103 heavy (non-hydrogen) atoms. The molecule has 0 amide bonds. The van der Waals surface area contributed by atoms with Gasteiger partial charge < -0.3 is 22.5 Å². The van der Waals surface area contributed by atoms with E-state index in [2.05, 4.69) is 352 Å². The van der Waals surface area contributed by atoms with Gasteiger partial charge in [0.15, 0.2) is 0 Å². The Morgan fingerprint density at radius 1 is 0.223 bits per heavy atom. The van der Waals surface area contributed by atoms with Crippen molar-refractivity contribution >= 4 is 163 Å². The SMILES string of the molecule is c1cc(-c2ccc3oc4ccc(-n5c6ccccc6c6ccccc65)cc4c3c2)cc(-c2ccc3oc4ccc(-n5c6ccccc6c6cc(-c7cccc8c7c7ccccc7n8-c7cccc(-c8ccc9sc%10ccc(-n%11c%12ccccc%12c%12ccccc%12%11)cc%10c9c8)n7)ccc65)cc4c3c2)c1. The maximum atomic E-state index is 6.64. The molecule has 0 saturated carbocycles. The number of hydrogen-bond donors (Lipinski definition) is 0. The predicted octanol–water partition coefficient (Wildman–Crippen LogP) is 26.3. The van der Waals surface area contributed by atoms with Gasteiger partial charge in [-0.25, -0.2) is 4.98 Å². The predicted molar refractivity (Wildman–Crippen MR) is 431 cm³/mol. The quantitative estimate of drug-likeness (QED) is 0.152. The van der Waals surface area contributed by atoms with Gasteiger partial charge in [0, 0.05) is 107 Å². The maximum Gasteiger partial charge on any atom is 0.138 e. The Morgan fingerprint density at radius 3 is 1.15 bits per heavy atom. The molecule has 0 N–H and O–H groups in total. The standard InChI is InChI=1S/C95H55N5O2S/c1-7-26-80-66(18-1)67-19-2-8-27-81(67)97(80)62-38-44-90-75(53-62)73-49-58(35-42-88(73)101-90)56-16-13-17-57(48-56)59-36-43-89-74(50-59)76-54-63(39-45-91(76)102-89)99-84-30-11-5-22-70(84)72-51-60(34-41-86(72)99)65-24-14-32-87-95(65)71-23-6-12-31-85(71)100(87)94-33-15-25-79(96-94)61-37-46-92-77(52-61)78-55-64(40-47-93(78)103-92)98-82-28-9-3-20-68(82)69-21-4-10-29-83(69)98/h1-55H. The van der Waals surface area contributed by atoms with Crippen molar-refractivity contribution in [2.45, 2.75) is 0 Å². The number of nitrogens with zero attached hydrogens (tertiary/aromatic N) is 5. The molecule has 0 spiro atoms. The number of hydrogen-bond acceptors (Lipinski definition) is 4. The number of furan rings is 2. The molecule has 0 aliphatic carbocycles. The highest BCUT2D eigenvalue weighted by Crippen LogP contribution is 2.46. The Kier molecular flexibility index (Phi) is 11.8. The summed E-state index contributed by atoms with van der Waals surface area (Å²) >= 11 is 1.84. The normalized spacial score (nSPS) is 12.3. The fourth-order valence-electron chi connectivity index (χ4n) is 17.1. The highest BCUT2D eigenvalue weighted by atomic mass is 32.1. The monoisotopic (exact) mass is 1330 g/mol. The maximum absolute atomic E-state index is 6.64. The summed E-state index contributed by atoms with van der Waals surface area (Å²) < 4.78 is 25.2. The minimum Gasteiger partial charge on any atom is -0.456 e. The van der Waals surface area contributed by atoms with Crippen LogP contribution in [0.25, 0.3) is 219 Å². The fraction of sp³-hybridized carbons (Fsp3) is 0. The topological polar surface area (TPSA) is 58.9 Å². The number of aromatic nitrogens is 5. The first-order valence-electron chi connectivity index (χ1n) is 35.0. The van der Waals surface area contributed by atoms with Crippen molar-refractivity contribution in [1.29, 1.82) is 0 Å². The number of benzene rings is 15. The first-order chi connectivity index (χ1) is 51.0. The molecule has 0 aliphatic heterocycles. The Bertz CT molecular complexity index is 7480. The molecule has 0 saturated heterocycles. The molecule has 23 aromatic rings. The van der Waals surface area contributed by atoms with Gasteiger partial charge in [0.2, 0.25) is 0 Å². The highest BCUT2D eigenvalue weighted by Gasteiger charge is 2.23. The van der Waals surface area contributed by atoms with Crippen LogP contribution in [0, 0.1) is 0 Å². The summed E-state index contributed by atoms with van der Waals surface area (Å²) in [6.45, 7) is 0. The van der Waals surface area contributed by atoms with E-state index in [9.17, 15) is 0 Å². The summed E-state index contributed by atoms with van der Waals surface area (Å²) in [4.78, 5) is 5.54. The average molecular weight is 1330 g/mol. The van der Waals surface area contributed by atoms with E-state index in [1.54, 1.807) is 0 Å². The van der Waals surface area contributed by atoms with E-state index in [-0.39, 0.29) is 0 Å². The first-order valence-corrected chi connectivity index (χ1v) is 35.9. The lowest BCUT2D eigenvalue weighted by molar-refractivity contribution is 0.668. The molecule has 0 radical (unpaired) electrons. The molecule has 0 unspecified atom stereocenters. The molecular weight excluding hydrogens is 1280 g/mol. The summed E-state index contributed by atoms with van der Waals surface area (Å²) in [6.07, 6.45) is 0. The number of fused-ring (bicyclic) bond motifs is 21. The zero-order valence-corrected chi connectivity index (χ0v) is 56.0. The molecular formula is C95H55N5O2S. The van der Waals surface area contributed by atoms with Crippen molar-refractivity contribution in [2.75, 3.05) is 0 Å². The van der Waals surface area contributed by atoms with Crippen molar-refractivity contribution in [1.82, 2.24) is 23.3 Å². The fourth-order valence-corrected chi connectivity index (χ4v) is 18.2. The Balaban J connectivity index is 0.586.